The second kappa shape index (κ2) is 4.88. The van der Waals surface area contributed by atoms with Gasteiger partial charge in [0.05, 0.1) is 12.0 Å². The summed E-state index contributed by atoms with van der Waals surface area (Å²) in [5, 5.41) is 0. The standard InChI is InChI=1S/C17H17NO/c1-2-18-16(14-11-7-4-8-12-14)15(17(18)19)13-9-5-3-6-10-13/h3-12,15-16H,2H2,1H3/t15-,16+/m0/s1. The van der Waals surface area contributed by atoms with Gasteiger partial charge in [0, 0.05) is 6.54 Å². The Hall–Kier alpha value is -2.09. The monoisotopic (exact) mass is 251 g/mol. The fraction of sp³-hybridized carbons (Fsp3) is 0.235. The first-order chi connectivity index (χ1) is 9.33. The second-order valence-corrected chi connectivity index (χ2v) is 4.87. The molecule has 1 saturated heterocycles. The number of β-lactam (4-membered cyclic amide) rings is 1. The number of carbonyl (C=O) groups excluding carboxylic acids is 1. The first kappa shape index (κ1) is 12.0. The van der Waals surface area contributed by atoms with Crippen molar-refractivity contribution in [2.45, 2.75) is 18.9 Å². The molecule has 19 heavy (non-hydrogen) atoms. The molecule has 1 amide bonds. The largest absolute Gasteiger partial charge is 0.334 e. The van der Waals surface area contributed by atoms with Crippen molar-refractivity contribution in [1.82, 2.24) is 4.90 Å². The fourth-order valence-corrected chi connectivity index (χ4v) is 2.91. The van der Waals surface area contributed by atoms with E-state index in [1.54, 1.807) is 0 Å². The quantitative estimate of drug-likeness (QED) is 0.766. The number of nitrogens with zero attached hydrogens (tertiary/aromatic N) is 1. The van der Waals surface area contributed by atoms with Crippen LogP contribution in [0.15, 0.2) is 60.7 Å². The highest BCUT2D eigenvalue weighted by Gasteiger charge is 2.47. The molecule has 3 rings (SSSR count). The molecule has 2 atom stereocenters. The van der Waals surface area contributed by atoms with E-state index in [-0.39, 0.29) is 17.9 Å². The van der Waals surface area contributed by atoms with Crippen LogP contribution in [0.4, 0.5) is 0 Å². The van der Waals surface area contributed by atoms with Gasteiger partial charge in [-0.2, -0.15) is 0 Å². The molecule has 0 N–H and O–H groups in total. The maximum absolute atomic E-state index is 12.3. The predicted octanol–water partition coefficient (Wildman–Crippen LogP) is 3.37. The number of carbonyl (C=O) groups is 1. The minimum atomic E-state index is -0.0245. The Labute approximate surface area is 113 Å². The van der Waals surface area contributed by atoms with Gasteiger partial charge in [0.1, 0.15) is 0 Å². The minimum Gasteiger partial charge on any atom is -0.334 e. The SMILES string of the molecule is CCN1C(=O)[C@@H](c2ccccc2)[C@H]1c1ccccc1. The van der Waals surface area contributed by atoms with Crippen molar-refractivity contribution in [1.29, 1.82) is 0 Å². The summed E-state index contributed by atoms with van der Waals surface area (Å²) >= 11 is 0. The van der Waals surface area contributed by atoms with Crippen molar-refractivity contribution in [3.05, 3.63) is 71.8 Å². The van der Waals surface area contributed by atoms with Gasteiger partial charge in [-0.15, -0.1) is 0 Å². The molecule has 1 heterocycles. The van der Waals surface area contributed by atoms with Crippen LogP contribution in [0.3, 0.4) is 0 Å². The minimum absolute atomic E-state index is 0.0245. The van der Waals surface area contributed by atoms with E-state index in [1.807, 2.05) is 60.4 Å². The lowest BCUT2D eigenvalue weighted by molar-refractivity contribution is -0.149. The molecule has 0 unspecified atom stereocenters. The zero-order chi connectivity index (χ0) is 13.2. The predicted molar refractivity (Wildman–Crippen MR) is 75.8 cm³/mol. The van der Waals surface area contributed by atoms with Crippen LogP contribution in [0.5, 0.6) is 0 Å². The Morgan fingerprint density at radius 3 is 1.95 bits per heavy atom. The van der Waals surface area contributed by atoms with Crippen molar-refractivity contribution < 1.29 is 4.79 Å². The highest BCUT2D eigenvalue weighted by molar-refractivity contribution is 5.91. The van der Waals surface area contributed by atoms with E-state index in [0.29, 0.717) is 0 Å². The van der Waals surface area contributed by atoms with E-state index < -0.39 is 0 Å². The van der Waals surface area contributed by atoms with Crippen LogP contribution in [-0.2, 0) is 4.79 Å². The van der Waals surface area contributed by atoms with Gasteiger partial charge in [-0.25, -0.2) is 0 Å². The third-order valence-corrected chi connectivity index (χ3v) is 3.84. The zero-order valence-corrected chi connectivity index (χ0v) is 11.0. The van der Waals surface area contributed by atoms with E-state index in [2.05, 4.69) is 12.1 Å². The van der Waals surface area contributed by atoms with E-state index in [0.717, 1.165) is 12.1 Å². The lowest BCUT2D eigenvalue weighted by Gasteiger charge is -2.47. The van der Waals surface area contributed by atoms with Crippen LogP contribution in [-0.4, -0.2) is 17.4 Å². The van der Waals surface area contributed by atoms with Crippen LogP contribution in [0.25, 0.3) is 0 Å². The first-order valence-corrected chi connectivity index (χ1v) is 6.73. The molecule has 96 valence electrons. The molecule has 2 aromatic carbocycles. The van der Waals surface area contributed by atoms with Gasteiger partial charge in [0.2, 0.25) is 5.91 Å². The van der Waals surface area contributed by atoms with Crippen molar-refractivity contribution in [2.75, 3.05) is 6.54 Å². The molecule has 2 nitrogen and oxygen atoms in total. The molecule has 1 aliphatic heterocycles. The van der Waals surface area contributed by atoms with Gasteiger partial charge in [-0.3, -0.25) is 4.79 Å². The molecule has 1 aliphatic rings. The summed E-state index contributed by atoms with van der Waals surface area (Å²) in [7, 11) is 0. The average Bonchev–Trinajstić information content (AvgIpc) is 2.47. The maximum atomic E-state index is 12.3. The molecular formula is C17H17NO. The molecule has 2 aromatic rings. The van der Waals surface area contributed by atoms with Crippen molar-refractivity contribution in [3.8, 4) is 0 Å². The molecule has 0 saturated carbocycles. The average molecular weight is 251 g/mol. The van der Waals surface area contributed by atoms with E-state index in [9.17, 15) is 4.79 Å². The molecule has 0 aromatic heterocycles. The Morgan fingerprint density at radius 1 is 0.895 bits per heavy atom. The Balaban J connectivity index is 1.98. The van der Waals surface area contributed by atoms with E-state index in [1.165, 1.54) is 5.56 Å². The molecule has 0 spiro atoms. The van der Waals surface area contributed by atoms with Crippen LogP contribution in [0.1, 0.15) is 30.0 Å². The number of likely N-dealkylation sites (N-methyl/N-ethyl adjacent to an activating group) is 1. The number of likely N-dealkylation sites (tertiary alicyclic amines) is 1. The third kappa shape index (κ3) is 1.93. The number of hydrogen-bond acceptors (Lipinski definition) is 1. The molecule has 1 fully saturated rings. The fourth-order valence-electron chi connectivity index (χ4n) is 2.91. The summed E-state index contributed by atoms with van der Waals surface area (Å²) < 4.78 is 0. The van der Waals surface area contributed by atoms with Gasteiger partial charge in [0.15, 0.2) is 0 Å². The molecule has 2 heteroatoms. The molecule has 0 aliphatic carbocycles. The van der Waals surface area contributed by atoms with Gasteiger partial charge in [-0.1, -0.05) is 60.7 Å². The van der Waals surface area contributed by atoms with Crippen molar-refractivity contribution in [2.24, 2.45) is 0 Å². The number of hydrogen-bond donors (Lipinski definition) is 0. The lowest BCUT2D eigenvalue weighted by Crippen LogP contribution is -2.53. The number of benzene rings is 2. The third-order valence-electron chi connectivity index (χ3n) is 3.84. The van der Waals surface area contributed by atoms with Gasteiger partial charge < -0.3 is 4.90 Å². The van der Waals surface area contributed by atoms with E-state index >= 15 is 0 Å². The highest BCUT2D eigenvalue weighted by Crippen LogP contribution is 2.45. The molecular weight excluding hydrogens is 234 g/mol. The number of amides is 1. The lowest BCUT2D eigenvalue weighted by atomic mass is 9.78. The Kier molecular flexibility index (Phi) is 3.08. The van der Waals surface area contributed by atoms with Crippen molar-refractivity contribution >= 4 is 5.91 Å². The Morgan fingerprint density at radius 2 is 1.42 bits per heavy atom. The van der Waals surface area contributed by atoms with Gasteiger partial charge >= 0.3 is 0 Å². The summed E-state index contributed by atoms with van der Waals surface area (Å²) in [5.41, 5.74) is 2.34. The maximum Gasteiger partial charge on any atom is 0.233 e. The summed E-state index contributed by atoms with van der Waals surface area (Å²) in [4.78, 5) is 14.3. The molecule has 0 bridgehead atoms. The smallest absolute Gasteiger partial charge is 0.233 e. The normalized spacial score (nSPS) is 22.2. The van der Waals surface area contributed by atoms with Gasteiger partial charge in [0.25, 0.3) is 0 Å². The van der Waals surface area contributed by atoms with Gasteiger partial charge in [-0.05, 0) is 18.1 Å². The first-order valence-electron chi connectivity index (χ1n) is 6.73. The van der Waals surface area contributed by atoms with Crippen LogP contribution >= 0.6 is 0 Å². The highest BCUT2D eigenvalue weighted by atomic mass is 16.2. The van der Waals surface area contributed by atoms with Crippen LogP contribution in [0.2, 0.25) is 0 Å². The summed E-state index contributed by atoms with van der Waals surface area (Å²) in [6.45, 7) is 2.80. The summed E-state index contributed by atoms with van der Waals surface area (Å²) in [6, 6.07) is 20.6. The topological polar surface area (TPSA) is 20.3 Å². The molecule has 0 radical (unpaired) electrons. The van der Waals surface area contributed by atoms with Crippen LogP contribution < -0.4 is 0 Å². The zero-order valence-electron chi connectivity index (χ0n) is 11.0. The van der Waals surface area contributed by atoms with Crippen molar-refractivity contribution in [3.63, 3.8) is 0 Å². The Bertz CT molecular complexity index is 564. The second-order valence-electron chi connectivity index (χ2n) is 4.87. The number of rotatable bonds is 3. The van der Waals surface area contributed by atoms with Crippen LogP contribution in [0, 0.1) is 0 Å². The summed E-state index contributed by atoms with van der Waals surface area (Å²) in [5.74, 6) is 0.214. The summed E-state index contributed by atoms with van der Waals surface area (Å²) in [6.07, 6.45) is 0. The van der Waals surface area contributed by atoms with E-state index in [4.69, 9.17) is 0 Å².